The second kappa shape index (κ2) is 9.57. The highest BCUT2D eigenvalue weighted by Crippen LogP contribution is 2.47. The van der Waals surface area contributed by atoms with E-state index in [4.69, 9.17) is 4.99 Å². The van der Waals surface area contributed by atoms with Crippen LogP contribution in [0, 0.1) is 5.41 Å². The molecule has 0 aromatic carbocycles. The third-order valence-corrected chi connectivity index (χ3v) is 5.94. The Labute approximate surface area is 164 Å². The largest absolute Gasteiger partial charge is 0.393 e. The number of aliphatic hydroxyl groups is 1. The molecule has 1 saturated carbocycles. The molecule has 2 heterocycles. The van der Waals surface area contributed by atoms with Gasteiger partial charge in [-0.1, -0.05) is 6.42 Å². The molecular weight excluding hydrogens is 415 g/mol. The lowest BCUT2D eigenvalue weighted by Gasteiger charge is -2.38. The van der Waals surface area contributed by atoms with Gasteiger partial charge in [-0.3, -0.25) is 4.99 Å². The average molecular weight is 450 g/mol. The number of nitrogens with zero attached hydrogens (tertiary/aromatic N) is 3. The molecule has 0 aromatic heterocycles. The van der Waals surface area contributed by atoms with E-state index in [1.165, 1.54) is 38.8 Å². The minimum atomic E-state index is -0.0707. The van der Waals surface area contributed by atoms with Crippen LogP contribution in [0.2, 0.25) is 0 Å². The van der Waals surface area contributed by atoms with Crippen LogP contribution in [-0.4, -0.2) is 72.8 Å². The van der Waals surface area contributed by atoms with Gasteiger partial charge in [-0.15, -0.1) is 24.0 Å². The minimum absolute atomic E-state index is 0. The van der Waals surface area contributed by atoms with Crippen LogP contribution >= 0.6 is 24.0 Å². The highest BCUT2D eigenvalue weighted by molar-refractivity contribution is 14.0. The molecule has 3 fully saturated rings. The van der Waals surface area contributed by atoms with Crippen LogP contribution in [0.4, 0.5) is 0 Å². The Balaban J connectivity index is 0.00000208. The van der Waals surface area contributed by atoms with Crippen LogP contribution in [-0.2, 0) is 0 Å². The number of aliphatic hydroxyl groups excluding tert-OH is 1. The van der Waals surface area contributed by atoms with Crippen molar-refractivity contribution in [3.8, 4) is 0 Å². The Morgan fingerprint density at radius 3 is 2.54 bits per heavy atom. The van der Waals surface area contributed by atoms with Crippen molar-refractivity contribution in [2.24, 2.45) is 10.4 Å². The molecule has 0 bridgehead atoms. The molecule has 0 aromatic rings. The number of aliphatic imine (C=N–C) groups is 1. The van der Waals surface area contributed by atoms with Crippen molar-refractivity contribution in [1.29, 1.82) is 0 Å². The van der Waals surface area contributed by atoms with Gasteiger partial charge in [0.1, 0.15) is 0 Å². The van der Waals surface area contributed by atoms with Crippen molar-refractivity contribution in [3.63, 3.8) is 0 Å². The summed E-state index contributed by atoms with van der Waals surface area (Å²) in [4.78, 5) is 9.83. The van der Waals surface area contributed by atoms with Gasteiger partial charge in [-0.25, -0.2) is 0 Å². The molecule has 5 nitrogen and oxygen atoms in total. The summed E-state index contributed by atoms with van der Waals surface area (Å²) < 4.78 is 0. The minimum Gasteiger partial charge on any atom is -0.393 e. The third kappa shape index (κ3) is 5.21. The molecule has 1 spiro atoms. The first kappa shape index (κ1) is 20.2. The SMILES string of the molecule is CCNC(=NCCCN1CCC(O)CC1)N1CCC2(CCC2)C1.I. The Kier molecular flexibility index (Phi) is 8.07. The van der Waals surface area contributed by atoms with E-state index in [0.717, 1.165) is 57.9 Å². The summed E-state index contributed by atoms with van der Waals surface area (Å²) in [6.45, 7) is 9.60. The van der Waals surface area contributed by atoms with Crippen molar-refractivity contribution in [2.45, 2.75) is 58.0 Å². The monoisotopic (exact) mass is 450 g/mol. The number of guanidine groups is 1. The van der Waals surface area contributed by atoms with Gasteiger partial charge in [0.05, 0.1) is 6.10 Å². The van der Waals surface area contributed by atoms with Gasteiger partial charge in [-0.05, 0) is 57.4 Å². The molecule has 6 heteroatoms. The zero-order valence-corrected chi connectivity index (χ0v) is 17.5. The molecule has 24 heavy (non-hydrogen) atoms. The fourth-order valence-electron chi connectivity index (χ4n) is 4.25. The van der Waals surface area contributed by atoms with Crippen LogP contribution in [0.5, 0.6) is 0 Å². The Hall–Kier alpha value is -0.0800. The summed E-state index contributed by atoms with van der Waals surface area (Å²) in [5, 5.41) is 13.0. The first-order chi connectivity index (χ1) is 11.2. The molecule has 3 rings (SSSR count). The predicted molar refractivity (Wildman–Crippen MR) is 110 cm³/mol. The van der Waals surface area contributed by atoms with E-state index in [1.807, 2.05) is 0 Å². The normalized spacial score (nSPS) is 24.8. The second-order valence-electron chi connectivity index (χ2n) is 7.69. The van der Waals surface area contributed by atoms with Gasteiger partial charge in [-0.2, -0.15) is 0 Å². The molecule has 2 aliphatic heterocycles. The summed E-state index contributed by atoms with van der Waals surface area (Å²) in [5.41, 5.74) is 0.630. The summed E-state index contributed by atoms with van der Waals surface area (Å²) in [7, 11) is 0. The van der Waals surface area contributed by atoms with E-state index < -0.39 is 0 Å². The molecule has 0 radical (unpaired) electrons. The van der Waals surface area contributed by atoms with Crippen molar-refractivity contribution >= 4 is 29.9 Å². The standard InChI is InChI=1S/C18H34N4O.HI/c1-2-19-17(22-14-9-18(15-22)7-3-8-18)20-10-4-11-21-12-5-16(23)6-13-21;/h16,23H,2-15H2,1H3,(H,19,20);1H. The topological polar surface area (TPSA) is 51.1 Å². The van der Waals surface area contributed by atoms with Gasteiger partial charge in [0.25, 0.3) is 0 Å². The van der Waals surface area contributed by atoms with Crippen molar-refractivity contribution in [1.82, 2.24) is 15.1 Å². The van der Waals surface area contributed by atoms with Crippen molar-refractivity contribution < 1.29 is 5.11 Å². The number of nitrogens with one attached hydrogen (secondary N) is 1. The summed E-state index contributed by atoms with van der Waals surface area (Å²) in [6.07, 6.45) is 8.53. The summed E-state index contributed by atoms with van der Waals surface area (Å²) in [6, 6.07) is 0. The molecule has 3 aliphatic rings. The zero-order chi connectivity index (χ0) is 16.1. The molecule has 0 unspecified atom stereocenters. The number of rotatable bonds is 5. The average Bonchev–Trinajstić information content (AvgIpc) is 2.98. The van der Waals surface area contributed by atoms with E-state index in [0.29, 0.717) is 5.41 Å². The molecular formula is C18H35IN4O. The van der Waals surface area contributed by atoms with E-state index in [9.17, 15) is 5.11 Å². The number of hydrogen-bond acceptors (Lipinski definition) is 3. The first-order valence-electron chi connectivity index (χ1n) is 9.64. The fourth-order valence-corrected chi connectivity index (χ4v) is 4.25. The predicted octanol–water partition coefficient (Wildman–Crippen LogP) is 2.29. The highest BCUT2D eigenvalue weighted by atomic mass is 127. The maximum Gasteiger partial charge on any atom is 0.193 e. The lowest BCUT2D eigenvalue weighted by Crippen LogP contribution is -2.42. The lowest BCUT2D eigenvalue weighted by molar-refractivity contribution is 0.0824. The maximum atomic E-state index is 9.56. The fraction of sp³-hybridized carbons (Fsp3) is 0.944. The van der Waals surface area contributed by atoms with E-state index in [1.54, 1.807) is 0 Å². The number of likely N-dealkylation sites (tertiary alicyclic amines) is 2. The number of hydrogen-bond donors (Lipinski definition) is 2. The van der Waals surface area contributed by atoms with Gasteiger partial charge in [0.15, 0.2) is 5.96 Å². The smallest absolute Gasteiger partial charge is 0.193 e. The van der Waals surface area contributed by atoms with Crippen LogP contribution in [0.25, 0.3) is 0 Å². The first-order valence-corrected chi connectivity index (χ1v) is 9.64. The molecule has 2 saturated heterocycles. The zero-order valence-electron chi connectivity index (χ0n) is 15.2. The highest BCUT2D eigenvalue weighted by Gasteiger charge is 2.43. The van der Waals surface area contributed by atoms with Crippen LogP contribution in [0.15, 0.2) is 4.99 Å². The van der Waals surface area contributed by atoms with E-state index in [2.05, 4.69) is 22.0 Å². The maximum absolute atomic E-state index is 9.56. The van der Waals surface area contributed by atoms with Gasteiger partial charge >= 0.3 is 0 Å². The number of halogens is 1. The van der Waals surface area contributed by atoms with Crippen molar-refractivity contribution in [3.05, 3.63) is 0 Å². The number of piperidine rings is 1. The van der Waals surface area contributed by atoms with E-state index in [-0.39, 0.29) is 30.1 Å². The molecule has 1 aliphatic carbocycles. The summed E-state index contributed by atoms with van der Waals surface area (Å²) in [5.74, 6) is 1.13. The van der Waals surface area contributed by atoms with Crippen LogP contribution in [0.1, 0.15) is 51.9 Å². The van der Waals surface area contributed by atoms with Crippen molar-refractivity contribution in [2.75, 3.05) is 45.8 Å². The quantitative estimate of drug-likeness (QED) is 0.292. The molecule has 140 valence electrons. The molecule has 2 N–H and O–H groups in total. The third-order valence-electron chi connectivity index (χ3n) is 5.94. The van der Waals surface area contributed by atoms with Crippen LogP contribution < -0.4 is 5.32 Å². The lowest BCUT2D eigenvalue weighted by atomic mass is 9.68. The Morgan fingerprint density at radius 2 is 1.96 bits per heavy atom. The second-order valence-corrected chi connectivity index (χ2v) is 7.69. The van der Waals surface area contributed by atoms with Gasteiger partial charge < -0.3 is 20.2 Å². The van der Waals surface area contributed by atoms with Gasteiger partial charge in [0.2, 0.25) is 0 Å². The summed E-state index contributed by atoms with van der Waals surface area (Å²) >= 11 is 0. The Bertz CT molecular complexity index is 406. The van der Waals surface area contributed by atoms with Gasteiger partial charge in [0, 0.05) is 39.3 Å². The van der Waals surface area contributed by atoms with Crippen LogP contribution in [0.3, 0.4) is 0 Å². The molecule has 0 atom stereocenters. The van der Waals surface area contributed by atoms with E-state index >= 15 is 0 Å². The Morgan fingerprint density at radius 1 is 1.21 bits per heavy atom. The molecule has 0 amide bonds.